The molecule has 1 aliphatic heterocycles. The first-order chi connectivity index (χ1) is 9.40. The second kappa shape index (κ2) is 5.19. The Morgan fingerprint density at radius 2 is 2.25 bits per heavy atom. The lowest BCUT2D eigenvalue weighted by atomic mass is 10.2. The van der Waals surface area contributed by atoms with Crippen LogP contribution in [0.3, 0.4) is 0 Å². The van der Waals surface area contributed by atoms with Crippen molar-refractivity contribution in [3.05, 3.63) is 22.2 Å². The highest BCUT2D eigenvalue weighted by molar-refractivity contribution is 5.66. The van der Waals surface area contributed by atoms with E-state index in [0.717, 1.165) is 0 Å². The summed E-state index contributed by atoms with van der Waals surface area (Å²) in [6.07, 6.45) is -0.951. The summed E-state index contributed by atoms with van der Waals surface area (Å²) in [7, 11) is 0. The summed E-state index contributed by atoms with van der Waals surface area (Å²) in [5, 5.41) is 19.6. The molecule has 1 amide bonds. The number of carbonyl (C=O) groups is 1. The van der Waals surface area contributed by atoms with Gasteiger partial charge >= 0.3 is 11.8 Å². The van der Waals surface area contributed by atoms with Crippen molar-refractivity contribution in [3.8, 4) is 0 Å². The van der Waals surface area contributed by atoms with Gasteiger partial charge in [-0.15, -0.1) is 0 Å². The van der Waals surface area contributed by atoms with E-state index < -0.39 is 11.0 Å². The van der Waals surface area contributed by atoms with E-state index in [1.54, 1.807) is 0 Å². The molecular formula is C11H15N5O4. The molecule has 1 atom stereocenters. The topological polar surface area (TPSA) is 126 Å². The second-order valence-electron chi connectivity index (χ2n) is 4.60. The van der Waals surface area contributed by atoms with Crippen molar-refractivity contribution in [2.75, 3.05) is 30.3 Å². The Morgan fingerprint density at radius 3 is 2.75 bits per heavy atom. The Hall–Kier alpha value is -2.58. The number of rotatable bonds is 2. The monoisotopic (exact) mass is 281 g/mol. The molecule has 1 fully saturated rings. The normalized spacial score (nSPS) is 18.9. The summed E-state index contributed by atoms with van der Waals surface area (Å²) in [5.74, 6) is 0.381. The van der Waals surface area contributed by atoms with Gasteiger partial charge < -0.3 is 20.6 Å². The fraction of sp³-hybridized carbons (Fsp3) is 0.455. The van der Waals surface area contributed by atoms with Crippen LogP contribution in [0.1, 0.15) is 6.92 Å². The van der Waals surface area contributed by atoms with Crippen molar-refractivity contribution in [3.63, 3.8) is 0 Å². The molecule has 1 aromatic heterocycles. The van der Waals surface area contributed by atoms with Gasteiger partial charge in [0.2, 0.25) is 5.82 Å². The average molecular weight is 281 g/mol. The van der Waals surface area contributed by atoms with Crippen molar-refractivity contribution in [1.82, 2.24) is 9.88 Å². The van der Waals surface area contributed by atoms with Crippen LogP contribution in [-0.2, 0) is 0 Å². The lowest BCUT2D eigenvalue weighted by molar-refractivity contribution is -0.384. The number of nitro groups is 1. The Kier molecular flexibility index (Phi) is 3.59. The standard InChI is InChI=1S/C11H15N5O4/c1-7-6-14(11(17)18)4-5-15(7)9-3-2-8(16(19)20)10(12)13-9/h2-3,7H,4-6H2,1H3,(H2,12,13)(H,17,18)/t7-/m1/s1. The molecule has 20 heavy (non-hydrogen) atoms. The highest BCUT2D eigenvalue weighted by atomic mass is 16.6. The summed E-state index contributed by atoms with van der Waals surface area (Å²) in [6, 6.07) is 2.77. The van der Waals surface area contributed by atoms with Gasteiger partial charge in [-0.1, -0.05) is 0 Å². The van der Waals surface area contributed by atoms with Crippen LogP contribution in [0.2, 0.25) is 0 Å². The van der Waals surface area contributed by atoms with Gasteiger partial charge in [-0.2, -0.15) is 0 Å². The maximum Gasteiger partial charge on any atom is 0.407 e. The number of carboxylic acid groups (broad SMARTS) is 1. The van der Waals surface area contributed by atoms with E-state index in [0.29, 0.717) is 25.5 Å². The van der Waals surface area contributed by atoms with E-state index in [1.165, 1.54) is 17.0 Å². The summed E-state index contributed by atoms with van der Waals surface area (Å²) >= 11 is 0. The number of pyridine rings is 1. The Morgan fingerprint density at radius 1 is 1.55 bits per heavy atom. The molecule has 0 saturated carbocycles. The average Bonchev–Trinajstić information content (AvgIpc) is 2.37. The largest absolute Gasteiger partial charge is 0.465 e. The molecule has 1 aromatic rings. The first-order valence-electron chi connectivity index (χ1n) is 6.05. The summed E-state index contributed by atoms with van der Waals surface area (Å²) in [4.78, 5) is 28.3. The van der Waals surface area contributed by atoms with Gasteiger partial charge in [0.15, 0.2) is 0 Å². The Balaban J connectivity index is 2.19. The molecule has 9 heteroatoms. The predicted molar refractivity (Wildman–Crippen MR) is 71.7 cm³/mol. The molecule has 2 heterocycles. The van der Waals surface area contributed by atoms with Gasteiger partial charge in [-0.05, 0) is 13.0 Å². The van der Waals surface area contributed by atoms with Gasteiger partial charge in [-0.25, -0.2) is 9.78 Å². The second-order valence-corrected chi connectivity index (χ2v) is 4.60. The van der Waals surface area contributed by atoms with Gasteiger partial charge in [-0.3, -0.25) is 10.1 Å². The molecule has 0 aliphatic carbocycles. The summed E-state index contributed by atoms with van der Waals surface area (Å²) in [5.41, 5.74) is 5.34. The number of nitrogens with zero attached hydrogens (tertiary/aromatic N) is 4. The van der Waals surface area contributed by atoms with Crippen molar-refractivity contribution in [2.45, 2.75) is 13.0 Å². The maximum absolute atomic E-state index is 10.9. The number of aromatic nitrogens is 1. The van der Waals surface area contributed by atoms with E-state index in [4.69, 9.17) is 10.8 Å². The number of hydrogen-bond donors (Lipinski definition) is 2. The van der Waals surface area contributed by atoms with Crippen LogP contribution in [0.25, 0.3) is 0 Å². The van der Waals surface area contributed by atoms with Crippen LogP contribution in [0, 0.1) is 10.1 Å². The van der Waals surface area contributed by atoms with Crippen LogP contribution in [0.15, 0.2) is 12.1 Å². The molecule has 1 aliphatic rings. The summed E-state index contributed by atoms with van der Waals surface area (Å²) in [6.45, 7) is 3.05. The minimum Gasteiger partial charge on any atom is -0.465 e. The van der Waals surface area contributed by atoms with Crippen molar-refractivity contribution in [1.29, 1.82) is 0 Å². The lowest BCUT2D eigenvalue weighted by Crippen LogP contribution is -2.53. The molecule has 3 N–H and O–H groups in total. The molecule has 0 unspecified atom stereocenters. The third-order valence-electron chi connectivity index (χ3n) is 3.28. The SMILES string of the molecule is C[C@@H]1CN(C(=O)O)CCN1c1ccc([N+](=O)[O-])c(N)n1. The number of nitrogen functional groups attached to an aromatic ring is 1. The summed E-state index contributed by atoms with van der Waals surface area (Å²) < 4.78 is 0. The molecule has 9 nitrogen and oxygen atoms in total. The molecule has 0 aromatic carbocycles. The van der Waals surface area contributed by atoms with E-state index in [9.17, 15) is 14.9 Å². The smallest absolute Gasteiger partial charge is 0.407 e. The van der Waals surface area contributed by atoms with Gasteiger partial charge in [0.1, 0.15) is 5.82 Å². The zero-order valence-corrected chi connectivity index (χ0v) is 10.9. The van der Waals surface area contributed by atoms with Crippen LogP contribution < -0.4 is 10.6 Å². The first kappa shape index (κ1) is 13.8. The molecular weight excluding hydrogens is 266 g/mol. The zero-order chi connectivity index (χ0) is 14.9. The number of amides is 1. The van der Waals surface area contributed by atoms with Crippen molar-refractivity contribution < 1.29 is 14.8 Å². The fourth-order valence-electron chi connectivity index (χ4n) is 2.24. The molecule has 0 radical (unpaired) electrons. The number of hydrogen-bond acceptors (Lipinski definition) is 6. The zero-order valence-electron chi connectivity index (χ0n) is 10.9. The fourth-order valence-corrected chi connectivity index (χ4v) is 2.24. The van der Waals surface area contributed by atoms with Crippen LogP contribution in [0.5, 0.6) is 0 Å². The van der Waals surface area contributed by atoms with Crippen molar-refractivity contribution >= 4 is 23.4 Å². The maximum atomic E-state index is 10.9. The van der Waals surface area contributed by atoms with E-state index in [-0.39, 0.29) is 17.5 Å². The Labute approximate surface area is 114 Å². The Bertz CT molecular complexity index is 550. The highest BCUT2D eigenvalue weighted by Crippen LogP contribution is 2.25. The van der Waals surface area contributed by atoms with Gasteiger partial charge in [0, 0.05) is 31.7 Å². The molecule has 2 rings (SSSR count). The van der Waals surface area contributed by atoms with Crippen LogP contribution >= 0.6 is 0 Å². The lowest BCUT2D eigenvalue weighted by Gasteiger charge is -2.39. The quantitative estimate of drug-likeness (QED) is 0.605. The van der Waals surface area contributed by atoms with E-state index in [1.807, 2.05) is 11.8 Å². The van der Waals surface area contributed by atoms with Crippen molar-refractivity contribution in [2.24, 2.45) is 0 Å². The third-order valence-corrected chi connectivity index (χ3v) is 3.28. The van der Waals surface area contributed by atoms with Gasteiger partial charge in [0.05, 0.1) is 4.92 Å². The van der Waals surface area contributed by atoms with Gasteiger partial charge in [0.25, 0.3) is 0 Å². The van der Waals surface area contributed by atoms with E-state index >= 15 is 0 Å². The molecule has 0 bridgehead atoms. The van der Waals surface area contributed by atoms with Crippen LogP contribution in [0.4, 0.5) is 22.1 Å². The molecule has 0 spiro atoms. The van der Waals surface area contributed by atoms with Crippen LogP contribution in [-0.4, -0.2) is 51.7 Å². The van der Waals surface area contributed by atoms with E-state index in [2.05, 4.69) is 4.98 Å². The number of anilines is 2. The molecule has 108 valence electrons. The first-order valence-corrected chi connectivity index (χ1v) is 6.05. The third kappa shape index (κ3) is 2.56. The predicted octanol–water partition coefficient (Wildman–Crippen LogP) is 0.760. The highest BCUT2D eigenvalue weighted by Gasteiger charge is 2.28. The number of nitrogens with two attached hydrogens (primary N) is 1. The minimum atomic E-state index is -0.951. The molecule has 1 saturated heterocycles. The number of piperazine rings is 1. The minimum absolute atomic E-state index is 0.0757.